The highest BCUT2D eigenvalue weighted by Crippen LogP contribution is 2.43. The van der Waals surface area contributed by atoms with E-state index in [4.69, 9.17) is 18.8 Å². The molecule has 0 radical (unpaired) electrons. The first-order valence-corrected chi connectivity index (χ1v) is 7.78. The third kappa shape index (κ3) is 2.58. The van der Waals surface area contributed by atoms with Crippen LogP contribution < -0.4 is 9.47 Å². The Kier molecular flexibility index (Phi) is 3.54. The van der Waals surface area contributed by atoms with Crippen molar-refractivity contribution in [3.8, 4) is 11.5 Å². The van der Waals surface area contributed by atoms with E-state index in [0.29, 0.717) is 29.6 Å². The molecule has 0 spiro atoms. The molecular weight excluding hydrogens is 294 g/mol. The molecule has 3 heterocycles. The van der Waals surface area contributed by atoms with E-state index in [1.807, 2.05) is 33.1 Å². The summed E-state index contributed by atoms with van der Waals surface area (Å²) in [4.78, 5) is 0.678. The van der Waals surface area contributed by atoms with Crippen LogP contribution in [0, 0.1) is 0 Å². The van der Waals surface area contributed by atoms with Crippen molar-refractivity contribution < 1.29 is 23.2 Å². The van der Waals surface area contributed by atoms with Gasteiger partial charge in [-0.3, -0.25) is 0 Å². The third-order valence-corrected chi connectivity index (χ3v) is 4.96. The van der Waals surface area contributed by atoms with Gasteiger partial charge in [0.05, 0.1) is 16.1 Å². The maximum atomic E-state index is 14.4. The summed E-state index contributed by atoms with van der Waals surface area (Å²) in [6.45, 7) is 8.57. The van der Waals surface area contributed by atoms with E-state index in [1.54, 1.807) is 0 Å². The van der Waals surface area contributed by atoms with Crippen molar-refractivity contribution in [3.63, 3.8) is 0 Å². The summed E-state index contributed by atoms with van der Waals surface area (Å²) in [5.74, 6) is 1.26. The second kappa shape index (κ2) is 5.00. The summed E-state index contributed by atoms with van der Waals surface area (Å²) in [5, 5.41) is 1.82. The number of rotatable bonds is 2. The van der Waals surface area contributed by atoms with Gasteiger partial charge in [-0.2, -0.15) is 0 Å². The highest BCUT2D eigenvalue weighted by atomic mass is 32.1. The Balaban J connectivity index is 1.83. The molecule has 0 amide bonds. The lowest BCUT2D eigenvalue weighted by atomic mass is 9.87. The minimum absolute atomic E-state index is 0.465. The molecule has 0 atom stereocenters. The maximum absolute atomic E-state index is 14.4. The Hall–Kier alpha value is -1.05. The summed E-state index contributed by atoms with van der Waals surface area (Å²) in [6, 6.07) is 0. The van der Waals surface area contributed by atoms with Crippen molar-refractivity contribution in [2.24, 2.45) is 0 Å². The van der Waals surface area contributed by atoms with Crippen LogP contribution in [0.25, 0.3) is 6.08 Å². The first-order chi connectivity index (χ1) is 9.80. The molecule has 3 rings (SSSR count). The fourth-order valence-corrected chi connectivity index (χ4v) is 2.99. The molecule has 114 valence electrons. The van der Waals surface area contributed by atoms with E-state index in [-0.39, 0.29) is 0 Å². The van der Waals surface area contributed by atoms with Crippen molar-refractivity contribution >= 4 is 24.5 Å². The average molecular weight is 312 g/mol. The Morgan fingerprint density at radius 3 is 2.48 bits per heavy atom. The van der Waals surface area contributed by atoms with Crippen LogP contribution in [0.2, 0.25) is 0 Å². The number of fused-ring (bicyclic) bond motifs is 1. The van der Waals surface area contributed by atoms with Crippen LogP contribution in [0.15, 0.2) is 11.1 Å². The quantitative estimate of drug-likeness (QED) is 0.784. The lowest BCUT2D eigenvalue weighted by molar-refractivity contribution is 0.00578. The van der Waals surface area contributed by atoms with Crippen LogP contribution in [0.5, 0.6) is 11.5 Å². The maximum Gasteiger partial charge on any atom is 0.525 e. The molecule has 0 aliphatic carbocycles. The second-order valence-corrected chi connectivity index (χ2v) is 7.02. The van der Waals surface area contributed by atoms with Crippen molar-refractivity contribution in [2.45, 2.75) is 38.9 Å². The van der Waals surface area contributed by atoms with Gasteiger partial charge in [-0.25, -0.2) is 4.39 Å². The third-order valence-electron chi connectivity index (χ3n) is 4.08. The summed E-state index contributed by atoms with van der Waals surface area (Å²) in [5.41, 5.74) is -1.58. The standard InChI is InChI=1S/C14H18BFO4S/c1-13(2)14(3,4)20-15(19-13)11(16)7-10-12-9(8-21-10)17-5-6-18-12/h7-8H,5-6H2,1-4H3. The lowest BCUT2D eigenvalue weighted by Crippen LogP contribution is -2.41. The number of thiophene rings is 1. The van der Waals surface area contributed by atoms with E-state index >= 15 is 0 Å². The molecule has 7 heteroatoms. The number of halogens is 1. The van der Waals surface area contributed by atoms with E-state index in [2.05, 4.69) is 0 Å². The van der Waals surface area contributed by atoms with Crippen LogP contribution in [0.1, 0.15) is 32.6 Å². The molecule has 2 aliphatic heterocycles. The number of hydrogen-bond donors (Lipinski definition) is 0. The fraction of sp³-hybridized carbons (Fsp3) is 0.571. The van der Waals surface area contributed by atoms with Crippen LogP contribution in [-0.4, -0.2) is 31.5 Å². The van der Waals surface area contributed by atoms with E-state index < -0.39 is 24.0 Å². The first-order valence-electron chi connectivity index (χ1n) is 6.90. The molecule has 0 N–H and O–H groups in total. The molecule has 1 fully saturated rings. The zero-order valence-corrected chi connectivity index (χ0v) is 13.4. The van der Waals surface area contributed by atoms with Crippen molar-refractivity contribution in [1.82, 2.24) is 0 Å². The van der Waals surface area contributed by atoms with Gasteiger partial charge in [0.2, 0.25) is 0 Å². The average Bonchev–Trinajstić information content (AvgIpc) is 2.89. The van der Waals surface area contributed by atoms with Gasteiger partial charge >= 0.3 is 7.12 Å². The Labute approximate surface area is 128 Å². The Bertz CT molecular complexity index is 566. The van der Waals surface area contributed by atoms with E-state index in [0.717, 1.165) is 0 Å². The van der Waals surface area contributed by atoms with Gasteiger partial charge in [-0.05, 0) is 33.8 Å². The van der Waals surface area contributed by atoms with Gasteiger partial charge in [-0.15, -0.1) is 11.3 Å². The van der Waals surface area contributed by atoms with Gasteiger partial charge in [0.25, 0.3) is 0 Å². The molecule has 1 aromatic heterocycles. The Morgan fingerprint density at radius 1 is 1.19 bits per heavy atom. The van der Waals surface area contributed by atoms with E-state index in [1.165, 1.54) is 17.4 Å². The summed E-state index contributed by atoms with van der Waals surface area (Å²) in [7, 11) is -0.989. The van der Waals surface area contributed by atoms with Crippen molar-refractivity contribution in [3.05, 3.63) is 16.0 Å². The minimum Gasteiger partial charge on any atom is -0.485 e. The smallest absolute Gasteiger partial charge is 0.485 e. The minimum atomic E-state index is -0.989. The molecular formula is C14H18BFO4S. The van der Waals surface area contributed by atoms with Crippen LogP contribution in [0.3, 0.4) is 0 Å². The van der Waals surface area contributed by atoms with Crippen molar-refractivity contribution in [2.75, 3.05) is 13.2 Å². The largest absolute Gasteiger partial charge is 0.525 e. The topological polar surface area (TPSA) is 36.9 Å². The molecule has 0 aromatic carbocycles. The van der Waals surface area contributed by atoms with Crippen LogP contribution in [-0.2, 0) is 9.31 Å². The summed E-state index contributed by atoms with van der Waals surface area (Å²) in [6.07, 6.45) is 1.40. The highest BCUT2D eigenvalue weighted by molar-refractivity contribution is 7.11. The van der Waals surface area contributed by atoms with E-state index in [9.17, 15) is 4.39 Å². The normalized spacial score (nSPS) is 23.5. The molecule has 1 aromatic rings. The summed E-state index contributed by atoms with van der Waals surface area (Å²) < 4.78 is 36.8. The monoisotopic (exact) mass is 312 g/mol. The van der Waals surface area contributed by atoms with Crippen molar-refractivity contribution in [1.29, 1.82) is 0 Å². The molecule has 4 nitrogen and oxygen atoms in total. The fourth-order valence-electron chi connectivity index (χ4n) is 2.13. The van der Waals surface area contributed by atoms with Crippen LogP contribution >= 0.6 is 11.3 Å². The number of ether oxygens (including phenoxy) is 2. The molecule has 0 unspecified atom stereocenters. The Morgan fingerprint density at radius 2 is 1.81 bits per heavy atom. The lowest BCUT2D eigenvalue weighted by Gasteiger charge is -2.32. The zero-order chi connectivity index (χ0) is 15.3. The SMILES string of the molecule is CC1(C)OB(C(F)=Cc2scc3c2OCCO3)OC1(C)C. The zero-order valence-electron chi connectivity index (χ0n) is 12.6. The molecule has 0 bridgehead atoms. The molecule has 21 heavy (non-hydrogen) atoms. The molecule has 0 saturated carbocycles. The molecule has 2 aliphatic rings. The predicted octanol–water partition coefficient (Wildman–Crippen LogP) is 3.46. The van der Waals surface area contributed by atoms with Gasteiger partial charge in [-0.1, -0.05) is 0 Å². The predicted molar refractivity (Wildman–Crippen MR) is 80.5 cm³/mol. The van der Waals surface area contributed by atoms with Gasteiger partial charge < -0.3 is 18.8 Å². The molecule has 1 saturated heterocycles. The van der Waals surface area contributed by atoms with Gasteiger partial charge in [0.15, 0.2) is 11.5 Å². The first kappa shape index (κ1) is 14.9. The van der Waals surface area contributed by atoms with Crippen LogP contribution in [0.4, 0.5) is 4.39 Å². The number of hydrogen-bond acceptors (Lipinski definition) is 5. The van der Waals surface area contributed by atoms with Gasteiger partial charge in [0, 0.05) is 5.38 Å². The summed E-state index contributed by atoms with van der Waals surface area (Å²) >= 11 is 1.37. The van der Waals surface area contributed by atoms with Gasteiger partial charge in [0.1, 0.15) is 18.9 Å². The second-order valence-electron chi connectivity index (χ2n) is 6.11. The highest BCUT2D eigenvalue weighted by Gasteiger charge is 2.53.